The molecule has 0 aliphatic carbocycles. The Bertz CT molecular complexity index is 573. The summed E-state index contributed by atoms with van der Waals surface area (Å²) in [5, 5.41) is 0. The van der Waals surface area contributed by atoms with Crippen molar-refractivity contribution in [3.05, 3.63) is 65.0 Å². The lowest BCUT2D eigenvalue weighted by atomic mass is 10.0. The van der Waals surface area contributed by atoms with Crippen LogP contribution in [0.15, 0.2) is 42.5 Å². The van der Waals surface area contributed by atoms with E-state index in [1.54, 1.807) is 0 Å². The molecule has 0 bridgehead atoms. The summed E-state index contributed by atoms with van der Waals surface area (Å²) < 4.78 is 50.6. The van der Waals surface area contributed by atoms with Gasteiger partial charge in [0.05, 0.1) is 5.56 Å². The normalized spacial score (nSPS) is 11.6. The van der Waals surface area contributed by atoms with Crippen molar-refractivity contribution in [2.24, 2.45) is 0 Å². The van der Waals surface area contributed by atoms with Gasteiger partial charge in [0.15, 0.2) is 0 Å². The van der Waals surface area contributed by atoms with Crippen molar-refractivity contribution < 1.29 is 17.6 Å². The highest BCUT2D eigenvalue weighted by atomic mass is 19.4. The second-order valence-corrected chi connectivity index (χ2v) is 4.21. The van der Waals surface area contributed by atoms with E-state index in [-0.39, 0.29) is 17.9 Å². The van der Waals surface area contributed by atoms with Crippen LogP contribution in [0.5, 0.6) is 0 Å². The van der Waals surface area contributed by atoms with Gasteiger partial charge in [-0.05, 0) is 47.9 Å². The maximum atomic E-state index is 12.8. The Morgan fingerprint density at radius 3 is 2.16 bits per heavy atom. The number of alkyl halides is 3. The molecule has 0 fully saturated rings. The predicted molar refractivity (Wildman–Crippen MR) is 65.1 cm³/mol. The highest BCUT2D eigenvalue weighted by molar-refractivity contribution is 5.51. The number of halogens is 4. The lowest BCUT2D eigenvalue weighted by Gasteiger charge is -2.11. The van der Waals surface area contributed by atoms with E-state index < -0.39 is 11.7 Å². The molecule has 0 radical (unpaired) electrons. The van der Waals surface area contributed by atoms with Crippen LogP contribution in [-0.2, 0) is 12.6 Å². The highest BCUT2D eigenvalue weighted by Crippen LogP contribution is 2.31. The van der Waals surface area contributed by atoms with Gasteiger partial charge >= 0.3 is 6.18 Å². The Morgan fingerprint density at radius 2 is 1.58 bits per heavy atom. The van der Waals surface area contributed by atoms with Crippen LogP contribution in [0, 0.1) is 5.82 Å². The van der Waals surface area contributed by atoms with E-state index in [1.165, 1.54) is 30.3 Å². The average Bonchev–Trinajstić information content (AvgIpc) is 2.33. The lowest BCUT2D eigenvalue weighted by molar-refractivity contribution is -0.137. The minimum absolute atomic E-state index is 0.232. The third-order valence-electron chi connectivity index (χ3n) is 2.78. The molecular weight excluding hydrogens is 258 g/mol. The van der Waals surface area contributed by atoms with Gasteiger partial charge in [-0.3, -0.25) is 0 Å². The third-order valence-corrected chi connectivity index (χ3v) is 2.78. The van der Waals surface area contributed by atoms with Gasteiger partial charge < -0.3 is 5.73 Å². The van der Waals surface area contributed by atoms with Gasteiger partial charge in [0, 0.05) is 5.69 Å². The fraction of sp³-hybridized carbons (Fsp3) is 0.143. The van der Waals surface area contributed by atoms with E-state index in [9.17, 15) is 17.6 Å². The van der Waals surface area contributed by atoms with Crippen LogP contribution in [-0.4, -0.2) is 0 Å². The molecule has 2 N–H and O–H groups in total. The Labute approximate surface area is 107 Å². The fourth-order valence-electron chi connectivity index (χ4n) is 1.76. The van der Waals surface area contributed by atoms with Crippen molar-refractivity contribution in [1.29, 1.82) is 0 Å². The second-order valence-electron chi connectivity index (χ2n) is 4.21. The monoisotopic (exact) mass is 269 g/mol. The van der Waals surface area contributed by atoms with Crippen LogP contribution in [0.25, 0.3) is 0 Å². The minimum Gasteiger partial charge on any atom is -0.398 e. The highest BCUT2D eigenvalue weighted by Gasteiger charge is 2.30. The summed E-state index contributed by atoms with van der Waals surface area (Å²) in [6.07, 6.45) is -4.17. The van der Waals surface area contributed by atoms with Gasteiger partial charge in [-0.2, -0.15) is 13.2 Å². The minimum atomic E-state index is -4.40. The molecule has 0 aromatic heterocycles. The maximum absolute atomic E-state index is 12.8. The number of benzene rings is 2. The fourth-order valence-corrected chi connectivity index (χ4v) is 1.76. The summed E-state index contributed by atoms with van der Waals surface area (Å²) in [5.41, 5.74) is 6.30. The summed E-state index contributed by atoms with van der Waals surface area (Å²) in [6.45, 7) is 0. The number of nitrogens with two attached hydrogens (primary N) is 1. The molecule has 0 amide bonds. The van der Waals surface area contributed by atoms with Gasteiger partial charge in [0.1, 0.15) is 5.82 Å². The van der Waals surface area contributed by atoms with Crippen molar-refractivity contribution in [2.75, 3.05) is 5.73 Å². The van der Waals surface area contributed by atoms with Gasteiger partial charge in [0.2, 0.25) is 0 Å². The van der Waals surface area contributed by atoms with Crippen molar-refractivity contribution in [3.8, 4) is 0 Å². The first-order valence-electron chi connectivity index (χ1n) is 5.56. The van der Waals surface area contributed by atoms with Crippen LogP contribution in [0.3, 0.4) is 0 Å². The van der Waals surface area contributed by atoms with Crippen molar-refractivity contribution >= 4 is 5.69 Å². The molecule has 5 heteroatoms. The van der Waals surface area contributed by atoms with E-state index in [1.807, 2.05) is 0 Å². The van der Waals surface area contributed by atoms with E-state index in [4.69, 9.17) is 5.73 Å². The molecule has 19 heavy (non-hydrogen) atoms. The van der Waals surface area contributed by atoms with E-state index >= 15 is 0 Å². The molecular formula is C14H11F4N. The largest absolute Gasteiger partial charge is 0.416 e. The molecule has 2 aromatic carbocycles. The smallest absolute Gasteiger partial charge is 0.398 e. The summed E-state index contributed by atoms with van der Waals surface area (Å²) in [7, 11) is 0. The standard InChI is InChI=1S/C14H11F4N/c15-12-4-1-9(2-5-12)7-10-8-11(14(16,17)18)3-6-13(10)19/h1-6,8H,7,19H2. The molecule has 0 saturated heterocycles. The summed E-state index contributed by atoms with van der Waals surface area (Å²) in [6, 6.07) is 8.78. The number of anilines is 1. The van der Waals surface area contributed by atoms with Crippen molar-refractivity contribution in [1.82, 2.24) is 0 Å². The quantitative estimate of drug-likeness (QED) is 0.646. The Kier molecular flexibility index (Phi) is 3.46. The maximum Gasteiger partial charge on any atom is 0.416 e. The Morgan fingerprint density at radius 1 is 0.947 bits per heavy atom. The molecule has 0 spiro atoms. The molecule has 0 aliphatic rings. The van der Waals surface area contributed by atoms with Crippen molar-refractivity contribution in [3.63, 3.8) is 0 Å². The molecule has 100 valence electrons. The van der Waals surface area contributed by atoms with Gasteiger partial charge in [-0.15, -0.1) is 0 Å². The topological polar surface area (TPSA) is 26.0 Å². The molecule has 1 nitrogen and oxygen atoms in total. The number of rotatable bonds is 2. The van der Waals surface area contributed by atoms with E-state index in [2.05, 4.69) is 0 Å². The predicted octanol–water partition coefficient (Wildman–Crippen LogP) is 4.02. The average molecular weight is 269 g/mol. The second kappa shape index (κ2) is 4.91. The zero-order valence-corrected chi connectivity index (χ0v) is 9.84. The first-order valence-corrected chi connectivity index (χ1v) is 5.56. The molecule has 0 atom stereocenters. The number of nitrogen functional groups attached to an aromatic ring is 1. The van der Waals surface area contributed by atoms with Crippen molar-refractivity contribution in [2.45, 2.75) is 12.6 Å². The molecule has 2 rings (SSSR count). The summed E-state index contributed by atoms with van der Waals surface area (Å²) >= 11 is 0. The lowest BCUT2D eigenvalue weighted by Crippen LogP contribution is -2.07. The first-order chi connectivity index (χ1) is 8.86. The Balaban J connectivity index is 2.31. The van der Waals surface area contributed by atoms with Gasteiger partial charge in [0.25, 0.3) is 0 Å². The summed E-state index contributed by atoms with van der Waals surface area (Å²) in [4.78, 5) is 0. The first kappa shape index (κ1) is 13.4. The molecule has 0 saturated carbocycles. The number of hydrogen-bond donors (Lipinski definition) is 1. The van der Waals surface area contributed by atoms with Gasteiger partial charge in [-0.1, -0.05) is 12.1 Å². The molecule has 0 heterocycles. The van der Waals surface area contributed by atoms with Gasteiger partial charge in [-0.25, -0.2) is 4.39 Å². The molecule has 0 unspecified atom stereocenters. The molecule has 0 aliphatic heterocycles. The van der Waals surface area contributed by atoms with Crippen LogP contribution in [0.4, 0.5) is 23.2 Å². The summed E-state index contributed by atoms with van der Waals surface area (Å²) in [5.74, 6) is -0.388. The Hall–Kier alpha value is -2.04. The molecule has 2 aromatic rings. The van der Waals surface area contributed by atoms with E-state index in [0.29, 0.717) is 11.1 Å². The zero-order chi connectivity index (χ0) is 14.0. The number of hydrogen-bond acceptors (Lipinski definition) is 1. The third kappa shape index (κ3) is 3.24. The van der Waals surface area contributed by atoms with Crippen LogP contribution < -0.4 is 5.73 Å². The van der Waals surface area contributed by atoms with E-state index in [0.717, 1.165) is 12.1 Å². The zero-order valence-electron chi connectivity index (χ0n) is 9.84. The SMILES string of the molecule is Nc1ccc(C(F)(F)F)cc1Cc1ccc(F)cc1. The van der Waals surface area contributed by atoms with Crippen LogP contribution in [0.1, 0.15) is 16.7 Å². The van der Waals surface area contributed by atoms with Crippen LogP contribution in [0.2, 0.25) is 0 Å². The van der Waals surface area contributed by atoms with Crippen LogP contribution >= 0.6 is 0 Å².